The van der Waals surface area contributed by atoms with Crippen LogP contribution in [0.5, 0.6) is 0 Å². The zero-order valence-corrected chi connectivity index (χ0v) is 27.6. The Kier molecular flexibility index (Phi) is 8.28. The van der Waals surface area contributed by atoms with E-state index in [2.05, 4.69) is 207 Å². The monoisotopic (exact) mass is 624 g/mol. The van der Waals surface area contributed by atoms with E-state index in [9.17, 15) is 0 Å². The molecular formula is C49H36. The Bertz CT molecular complexity index is 2290. The summed E-state index contributed by atoms with van der Waals surface area (Å²) >= 11 is 0. The molecule has 0 amide bonds. The SMILES string of the molecule is Cc1ccccc1-c1ccc(-c2ccc(-c3ccc(-c4ccc(-c5ccc(-c6ccc(-c7ccccc7)cc6)cc5)cc4)cc3)cc2)cc1. The highest BCUT2D eigenvalue weighted by Gasteiger charge is 2.07. The van der Waals surface area contributed by atoms with E-state index in [0.29, 0.717) is 0 Å². The lowest BCUT2D eigenvalue weighted by atomic mass is 9.95. The summed E-state index contributed by atoms with van der Waals surface area (Å²) in [5.41, 5.74) is 18.5. The van der Waals surface area contributed by atoms with Crippen molar-refractivity contribution in [2.24, 2.45) is 0 Å². The standard InChI is InChI=1S/C49H36/c1-35-7-5-6-10-49(35)48-33-31-47(32-34-48)46-29-27-45(28-30-46)44-25-23-43(24-26-44)42-21-19-41(20-22-42)40-17-15-39(16-18-40)38-13-11-37(12-14-38)36-8-3-2-4-9-36/h2-34H,1H3. The van der Waals surface area contributed by atoms with Crippen LogP contribution in [0, 0.1) is 6.92 Å². The largest absolute Gasteiger partial charge is 0.0622 e. The van der Waals surface area contributed by atoms with Gasteiger partial charge in [-0.1, -0.05) is 200 Å². The van der Waals surface area contributed by atoms with Gasteiger partial charge in [0.1, 0.15) is 0 Å². The van der Waals surface area contributed by atoms with Gasteiger partial charge in [0, 0.05) is 0 Å². The molecule has 0 aliphatic rings. The van der Waals surface area contributed by atoms with Crippen LogP contribution < -0.4 is 0 Å². The molecule has 0 radical (unpaired) electrons. The molecule has 0 aromatic heterocycles. The topological polar surface area (TPSA) is 0 Å². The molecule has 0 heterocycles. The summed E-state index contributed by atoms with van der Waals surface area (Å²) in [5.74, 6) is 0. The van der Waals surface area contributed by atoms with Gasteiger partial charge < -0.3 is 0 Å². The van der Waals surface area contributed by atoms with E-state index < -0.39 is 0 Å². The van der Waals surface area contributed by atoms with Gasteiger partial charge in [-0.2, -0.15) is 0 Å². The number of rotatable bonds is 7. The van der Waals surface area contributed by atoms with Gasteiger partial charge in [0.25, 0.3) is 0 Å². The van der Waals surface area contributed by atoms with E-state index in [0.717, 1.165) is 0 Å². The lowest BCUT2D eigenvalue weighted by molar-refractivity contribution is 1.46. The van der Waals surface area contributed by atoms with Crippen molar-refractivity contribution >= 4 is 0 Å². The molecule has 0 unspecified atom stereocenters. The van der Waals surface area contributed by atoms with Gasteiger partial charge in [0.15, 0.2) is 0 Å². The van der Waals surface area contributed by atoms with Gasteiger partial charge in [-0.05, 0) is 90.4 Å². The average Bonchev–Trinajstić information content (AvgIpc) is 3.19. The van der Waals surface area contributed by atoms with E-state index in [1.807, 2.05) is 0 Å². The molecule has 0 nitrogen and oxygen atoms in total. The van der Waals surface area contributed by atoms with Gasteiger partial charge in [-0.3, -0.25) is 0 Å². The summed E-state index contributed by atoms with van der Waals surface area (Å²) < 4.78 is 0. The van der Waals surface area contributed by atoms with Gasteiger partial charge in [-0.25, -0.2) is 0 Å². The molecule has 8 aromatic rings. The number of aryl methyl sites for hydroxylation is 1. The maximum absolute atomic E-state index is 2.22. The van der Waals surface area contributed by atoms with Crippen molar-refractivity contribution in [3.8, 4) is 77.9 Å². The molecule has 8 aromatic carbocycles. The zero-order valence-electron chi connectivity index (χ0n) is 27.6. The van der Waals surface area contributed by atoms with Crippen molar-refractivity contribution in [1.29, 1.82) is 0 Å². The lowest BCUT2D eigenvalue weighted by Crippen LogP contribution is -1.84. The Balaban J connectivity index is 0.921. The van der Waals surface area contributed by atoms with Crippen LogP contribution in [0.2, 0.25) is 0 Å². The molecule has 0 spiro atoms. The predicted molar refractivity (Wildman–Crippen MR) is 209 cm³/mol. The van der Waals surface area contributed by atoms with E-state index in [4.69, 9.17) is 0 Å². The van der Waals surface area contributed by atoms with E-state index in [1.165, 1.54) is 83.5 Å². The third-order valence-electron chi connectivity index (χ3n) is 9.54. The minimum atomic E-state index is 1.22. The molecular weight excluding hydrogens is 589 g/mol. The third kappa shape index (κ3) is 6.50. The number of benzene rings is 8. The molecule has 0 aliphatic carbocycles. The second-order valence-electron chi connectivity index (χ2n) is 12.6. The van der Waals surface area contributed by atoms with Crippen molar-refractivity contribution in [3.05, 3.63) is 206 Å². The van der Waals surface area contributed by atoms with Crippen LogP contribution in [0.3, 0.4) is 0 Å². The molecule has 0 N–H and O–H groups in total. The fourth-order valence-electron chi connectivity index (χ4n) is 6.65. The van der Waals surface area contributed by atoms with E-state index >= 15 is 0 Å². The molecule has 0 aliphatic heterocycles. The number of hydrogen-bond donors (Lipinski definition) is 0. The number of hydrogen-bond acceptors (Lipinski definition) is 0. The first kappa shape index (κ1) is 30.1. The zero-order chi connectivity index (χ0) is 33.0. The summed E-state index contributed by atoms with van der Waals surface area (Å²) in [6, 6.07) is 72.3. The van der Waals surface area contributed by atoms with Crippen molar-refractivity contribution in [2.75, 3.05) is 0 Å². The summed E-state index contributed by atoms with van der Waals surface area (Å²) in [4.78, 5) is 0. The normalized spacial score (nSPS) is 11.0. The molecule has 0 saturated carbocycles. The maximum atomic E-state index is 2.22. The highest BCUT2D eigenvalue weighted by molar-refractivity contribution is 5.78. The molecule has 8 rings (SSSR count). The Morgan fingerprint density at radius 3 is 0.653 bits per heavy atom. The minimum Gasteiger partial charge on any atom is -0.0622 e. The van der Waals surface area contributed by atoms with Crippen LogP contribution in [-0.4, -0.2) is 0 Å². The van der Waals surface area contributed by atoms with E-state index in [1.54, 1.807) is 0 Å². The molecule has 0 heteroatoms. The van der Waals surface area contributed by atoms with Crippen LogP contribution in [0.1, 0.15) is 5.56 Å². The summed E-state index contributed by atoms with van der Waals surface area (Å²) in [7, 11) is 0. The quantitative estimate of drug-likeness (QED) is 0.165. The highest BCUT2D eigenvalue weighted by atomic mass is 14.1. The van der Waals surface area contributed by atoms with Crippen molar-refractivity contribution in [3.63, 3.8) is 0 Å². The first-order valence-electron chi connectivity index (χ1n) is 16.9. The average molecular weight is 625 g/mol. The summed E-state index contributed by atoms with van der Waals surface area (Å²) in [5, 5.41) is 0. The summed E-state index contributed by atoms with van der Waals surface area (Å²) in [6.45, 7) is 2.16. The van der Waals surface area contributed by atoms with Crippen molar-refractivity contribution in [2.45, 2.75) is 6.92 Å². The molecule has 49 heavy (non-hydrogen) atoms. The fourth-order valence-corrected chi connectivity index (χ4v) is 6.65. The van der Waals surface area contributed by atoms with Crippen LogP contribution in [-0.2, 0) is 0 Å². The van der Waals surface area contributed by atoms with Crippen molar-refractivity contribution < 1.29 is 0 Å². The Morgan fingerprint density at radius 2 is 0.388 bits per heavy atom. The van der Waals surface area contributed by atoms with Crippen LogP contribution in [0.4, 0.5) is 0 Å². The predicted octanol–water partition coefficient (Wildman–Crippen LogP) is 13.7. The highest BCUT2D eigenvalue weighted by Crippen LogP contribution is 2.32. The van der Waals surface area contributed by atoms with Gasteiger partial charge in [0.05, 0.1) is 0 Å². The second kappa shape index (κ2) is 13.5. The summed E-state index contributed by atoms with van der Waals surface area (Å²) in [6.07, 6.45) is 0. The van der Waals surface area contributed by atoms with Gasteiger partial charge >= 0.3 is 0 Å². The first-order chi connectivity index (χ1) is 24.2. The van der Waals surface area contributed by atoms with Crippen LogP contribution in [0.25, 0.3) is 77.9 Å². The van der Waals surface area contributed by atoms with Crippen molar-refractivity contribution in [1.82, 2.24) is 0 Å². The molecule has 0 fully saturated rings. The Labute approximate surface area is 289 Å². The minimum absolute atomic E-state index is 1.22. The van der Waals surface area contributed by atoms with Crippen LogP contribution in [0.15, 0.2) is 200 Å². The van der Waals surface area contributed by atoms with Crippen LogP contribution >= 0.6 is 0 Å². The third-order valence-corrected chi connectivity index (χ3v) is 9.54. The first-order valence-corrected chi connectivity index (χ1v) is 16.9. The molecule has 232 valence electrons. The smallest absolute Gasteiger partial charge is 0.0155 e. The molecule has 0 atom stereocenters. The Hall–Kier alpha value is -6.24. The van der Waals surface area contributed by atoms with Gasteiger partial charge in [0.2, 0.25) is 0 Å². The maximum Gasteiger partial charge on any atom is -0.0155 e. The Morgan fingerprint density at radius 1 is 0.184 bits per heavy atom. The molecule has 0 saturated heterocycles. The fraction of sp³-hybridized carbons (Fsp3) is 0.0204. The van der Waals surface area contributed by atoms with E-state index in [-0.39, 0.29) is 0 Å². The van der Waals surface area contributed by atoms with Gasteiger partial charge in [-0.15, -0.1) is 0 Å². The second-order valence-corrected chi connectivity index (χ2v) is 12.6. The molecule has 0 bridgehead atoms. The lowest BCUT2D eigenvalue weighted by Gasteiger charge is -2.09.